The predicted molar refractivity (Wildman–Crippen MR) is 111 cm³/mol. The molecule has 1 saturated carbocycles. The number of hydrogen-bond acceptors (Lipinski definition) is 4. The Morgan fingerprint density at radius 2 is 1.75 bits per heavy atom. The average molecular weight is 422 g/mol. The normalized spacial score (nSPS) is 15.3. The van der Waals surface area contributed by atoms with Gasteiger partial charge in [-0.3, -0.25) is 14.4 Å². The molecule has 3 rings (SSSR count). The van der Waals surface area contributed by atoms with Crippen LogP contribution in [0.4, 0.5) is 5.69 Å². The maximum Gasteiger partial charge on any atom is 0.261 e. The molecule has 1 unspecified atom stereocenters. The monoisotopic (exact) mass is 421 g/mol. The number of nitrogens with one attached hydrogen (secondary N) is 2. The van der Waals surface area contributed by atoms with Crippen LogP contribution in [0.3, 0.4) is 0 Å². The standard InChI is InChI=1S/C20H24ClN3O3S/c1-14(24(2)18-9-10-18)13-22-20(25)15-3-11-19(12-4-15)28(26,27)23-17-7-5-16(21)6-8-17/h3-8,11-12,14,18,23H,9-10,13H2,1-2H3,(H,22,25). The second-order valence-corrected chi connectivity index (χ2v) is 9.21. The van der Waals surface area contributed by atoms with E-state index in [2.05, 4.69) is 28.9 Å². The number of sulfonamides is 1. The van der Waals surface area contributed by atoms with Gasteiger partial charge in [0.2, 0.25) is 0 Å². The maximum absolute atomic E-state index is 12.5. The van der Waals surface area contributed by atoms with Crippen LogP contribution >= 0.6 is 11.6 Å². The third kappa shape index (κ3) is 5.25. The first-order valence-electron chi connectivity index (χ1n) is 9.15. The molecule has 2 N–H and O–H groups in total. The van der Waals surface area contributed by atoms with E-state index in [9.17, 15) is 13.2 Å². The van der Waals surface area contributed by atoms with E-state index in [1.54, 1.807) is 24.3 Å². The van der Waals surface area contributed by atoms with E-state index in [1.165, 1.54) is 37.1 Å². The van der Waals surface area contributed by atoms with Gasteiger partial charge in [-0.25, -0.2) is 8.42 Å². The number of nitrogens with zero attached hydrogens (tertiary/aromatic N) is 1. The zero-order valence-corrected chi connectivity index (χ0v) is 17.4. The molecular weight excluding hydrogens is 398 g/mol. The number of benzene rings is 2. The van der Waals surface area contributed by atoms with Crippen molar-refractivity contribution in [2.24, 2.45) is 0 Å². The molecular formula is C20H24ClN3O3S. The summed E-state index contributed by atoms with van der Waals surface area (Å²) in [6.07, 6.45) is 2.43. The molecule has 1 atom stereocenters. The summed E-state index contributed by atoms with van der Waals surface area (Å²) in [6.45, 7) is 2.63. The molecule has 0 bridgehead atoms. The first kappa shape index (κ1) is 20.6. The first-order chi connectivity index (χ1) is 13.3. The highest BCUT2D eigenvalue weighted by Gasteiger charge is 2.29. The Hall–Kier alpha value is -2.09. The van der Waals surface area contributed by atoms with Crippen LogP contribution in [-0.2, 0) is 10.0 Å². The molecule has 0 radical (unpaired) electrons. The van der Waals surface area contributed by atoms with Gasteiger partial charge in [-0.15, -0.1) is 0 Å². The Bertz CT molecular complexity index is 926. The van der Waals surface area contributed by atoms with Crippen LogP contribution in [0.1, 0.15) is 30.1 Å². The third-order valence-electron chi connectivity index (χ3n) is 4.90. The molecule has 2 aromatic rings. The fourth-order valence-corrected chi connectivity index (χ4v) is 4.03. The molecule has 1 amide bonds. The van der Waals surface area contributed by atoms with Crippen molar-refractivity contribution in [3.63, 3.8) is 0 Å². The minimum absolute atomic E-state index is 0.0841. The van der Waals surface area contributed by atoms with Crippen LogP contribution < -0.4 is 10.0 Å². The van der Waals surface area contributed by atoms with Crippen LogP contribution in [0, 0.1) is 0 Å². The molecule has 1 fully saturated rings. The summed E-state index contributed by atoms with van der Waals surface area (Å²) in [5, 5.41) is 3.43. The van der Waals surface area contributed by atoms with E-state index < -0.39 is 10.0 Å². The van der Waals surface area contributed by atoms with Gasteiger partial charge in [0.1, 0.15) is 0 Å². The highest BCUT2D eigenvalue weighted by Crippen LogP contribution is 2.26. The number of amides is 1. The van der Waals surface area contributed by atoms with Gasteiger partial charge >= 0.3 is 0 Å². The SMILES string of the molecule is CC(CNC(=O)c1ccc(S(=O)(=O)Nc2ccc(Cl)cc2)cc1)N(C)C1CC1. The third-order valence-corrected chi connectivity index (χ3v) is 6.55. The van der Waals surface area contributed by atoms with Gasteiger partial charge in [0, 0.05) is 34.9 Å². The minimum Gasteiger partial charge on any atom is -0.350 e. The highest BCUT2D eigenvalue weighted by molar-refractivity contribution is 7.92. The Kier molecular flexibility index (Phi) is 6.27. The molecule has 28 heavy (non-hydrogen) atoms. The van der Waals surface area contributed by atoms with Crippen molar-refractivity contribution in [1.82, 2.24) is 10.2 Å². The molecule has 150 valence electrons. The molecule has 1 aliphatic carbocycles. The van der Waals surface area contributed by atoms with Gasteiger partial charge < -0.3 is 5.32 Å². The van der Waals surface area contributed by atoms with E-state index in [-0.39, 0.29) is 16.8 Å². The Morgan fingerprint density at radius 1 is 1.14 bits per heavy atom. The zero-order valence-electron chi connectivity index (χ0n) is 15.9. The maximum atomic E-state index is 12.5. The van der Waals surface area contributed by atoms with E-state index in [4.69, 9.17) is 11.6 Å². The first-order valence-corrected chi connectivity index (χ1v) is 11.0. The van der Waals surface area contributed by atoms with E-state index >= 15 is 0 Å². The van der Waals surface area contributed by atoms with Gasteiger partial charge in [0.25, 0.3) is 15.9 Å². The Morgan fingerprint density at radius 3 is 2.32 bits per heavy atom. The molecule has 0 saturated heterocycles. The summed E-state index contributed by atoms with van der Waals surface area (Å²) in [5.41, 5.74) is 0.840. The van der Waals surface area contributed by atoms with Crippen LogP contribution in [0.25, 0.3) is 0 Å². The summed E-state index contributed by atoms with van der Waals surface area (Å²) in [5.74, 6) is -0.217. The lowest BCUT2D eigenvalue weighted by atomic mass is 10.2. The second kappa shape index (κ2) is 8.51. The van der Waals surface area contributed by atoms with Gasteiger partial charge in [0.15, 0.2) is 0 Å². The number of anilines is 1. The van der Waals surface area contributed by atoms with Gasteiger partial charge in [-0.2, -0.15) is 0 Å². The lowest BCUT2D eigenvalue weighted by Gasteiger charge is -2.24. The molecule has 2 aromatic carbocycles. The van der Waals surface area contributed by atoms with Crippen molar-refractivity contribution in [2.45, 2.75) is 36.7 Å². The number of hydrogen-bond donors (Lipinski definition) is 2. The minimum atomic E-state index is -3.74. The number of halogens is 1. The molecule has 8 heteroatoms. The summed E-state index contributed by atoms with van der Waals surface area (Å²) in [4.78, 5) is 14.7. The average Bonchev–Trinajstić information content (AvgIpc) is 3.52. The van der Waals surface area contributed by atoms with Crippen molar-refractivity contribution in [2.75, 3.05) is 18.3 Å². The van der Waals surface area contributed by atoms with Crippen LogP contribution in [-0.4, -0.2) is 44.9 Å². The number of carbonyl (C=O) groups excluding carboxylic acids is 1. The van der Waals surface area contributed by atoms with E-state index in [0.717, 1.165) is 0 Å². The van der Waals surface area contributed by atoms with Gasteiger partial charge in [0.05, 0.1) is 4.90 Å². The smallest absolute Gasteiger partial charge is 0.261 e. The van der Waals surface area contributed by atoms with Crippen molar-refractivity contribution >= 4 is 33.2 Å². The predicted octanol–water partition coefficient (Wildman–Crippen LogP) is 3.35. The highest BCUT2D eigenvalue weighted by atomic mass is 35.5. The topological polar surface area (TPSA) is 78.5 Å². The van der Waals surface area contributed by atoms with E-state index in [0.29, 0.717) is 28.9 Å². The summed E-state index contributed by atoms with van der Waals surface area (Å²) in [7, 11) is -1.67. The van der Waals surface area contributed by atoms with Gasteiger partial charge in [-0.1, -0.05) is 11.6 Å². The molecule has 0 heterocycles. The zero-order chi connectivity index (χ0) is 20.3. The lowest BCUT2D eigenvalue weighted by Crippen LogP contribution is -2.41. The van der Waals surface area contributed by atoms with Crippen LogP contribution in [0.15, 0.2) is 53.4 Å². The quantitative estimate of drug-likeness (QED) is 0.685. The number of rotatable bonds is 8. The van der Waals surface area contributed by atoms with Crippen LogP contribution in [0.5, 0.6) is 0 Å². The lowest BCUT2D eigenvalue weighted by molar-refractivity contribution is 0.0939. The van der Waals surface area contributed by atoms with Crippen molar-refractivity contribution < 1.29 is 13.2 Å². The molecule has 0 aromatic heterocycles. The molecule has 6 nitrogen and oxygen atoms in total. The van der Waals surface area contributed by atoms with Crippen molar-refractivity contribution in [3.05, 3.63) is 59.1 Å². The number of carbonyl (C=O) groups is 1. The Labute approximate surface area is 170 Å². The number of likely N-dealkylation sites (N-methyl/N-ethyl adjacent to an activating group) is 1. The molecule has 0 aliphatic heterocycles. The largest absolute Gasteiger partial charge is 0.350 e. The van der Waals surface area contributed by atoms with Crippen LogP contribution in [0.2, 0.25) is 5.02 Å². The van der Waals surface area contributed by atoms with Gasteiger partial charge in [-0.05, 0) is 75.3 Å². The summed E-state index contributed by atoms with van der Waals surface area (Å²) >= 11 is 5.81. The fourth-order valence-electron chi connectivity index (χ4n) is 2.85. The van der Waals surface area contributed by atoms with Crippen molar-refractivity contribution in [1.29, 1.82) is 0 Å². The van der Waals surface area contributed by atoms with Crippen molar-refractivity contribution in [3.8, 4) is 0 Å². The fraction of sp³-hybridized carbons (Fsp3) is 0.350. The van der Waals surface area contributed by atoms with E-state index in [1.807, 2.05) is 0 Å². The Balaban J connectivity index is 1.60. The molecule has 0 spiro atoms. The second-order valence-electron chi connectivity index (χ2n) is 7.09. The molecule has 1 aliphatic rings. The summed E-state index contributed by atoms with van der Waals surface area (Å²) in [6, 6.07) is 13.1. The summed E-state index contributed by atoms with van der Waals surface area (Å²) < 4.78 is 27.4.